The Morgan fingerprint density at radius 2 is 2.12 bits per heavy atom. The van der Waals surface area contributed by atoms with Crippen molar-refractivity contribution in [2.24, 2.45) is 0 Å². The van der Waals surface area contributed by atoms with Gasteiger partial charge < -0.3 is 10.5 Å². The van der Waals surface area contributed by atoms with Crippen LogP contribution in [0.5, 0.6) is 5.75 Å². The number of nitrogens with two attached hydrogens (primary N) is 1. The van der Waals surface area contributed by atoms with Gasteiger partial charge in [-0.25, -0.2) is 9.97 Å². The monoisotopic (exact) mass is 216 g/mol. The van der Waals surface area contributed by atoms with E-state index in [1.807, 2.05) is 19.1 Å². The number of hydrogen-bond donors (Lipinski definition) is 1. The van der Waals surface area contributed by atoms with Gasteiger partial charge in [-0.05, 0) is 25.1 Å². The van der Waals surface area contributed by atoms with E-state index in [-0.39, 0.29) is 5.95 Å². The van der Waals surface area contributed by atoms with Gasteiger partial charge in [-0.3, -0.25) is 4.98 Å². The maximum absolute atomic E-state index is 5.60. The Hall–Kier alpha value is -2.17. The number of nitrogens with zero attached hydrogens (tertiary/aromatic N) is 3. The van der Waals surface area contributed by atoms with Crippen LogP contribution in [-0.4, -0.2) is 22.1 Å². The van der Waals surface area contributed by atoms with Gasteiger partial charge in [0, 0.05) is 11.9 Å². The van der Waals surface area contributed by atoms with Gasteiger partial charge in [0.25, 0.3) is 0 Å². The van der Waals surface area contributed by atoms with E-state index in [0.29, 0.717) is 17.1 Å². The number of anilines is 1. The minimum atomic E-state index is 0.239. The number of hydrogen-bond acceptors (Lipinski definition) is 5. The highest BCUT2D eigenvalue weighted by molar-refractivity contribution is 5.63. The molecule has 16 heavy (non-hydrogen) atoms. The second kappa shape index (κ2) is 4.14. The summed E-state index contributed by atoms with van der Waals surface area (Å²) >= 11 is 0. The molecule has 0 bridgehead atoms. The van der Waals surface area contributed by atoms with E-state index in [9.17, 15) is 0 Å². The smallest absolute Gasteiger partial charge is 0.220 e. The van der Waals surface area contributed by atoms with Crippen LogP contribution >= 0.6 is 0 Å². The molecule has 0 fully saturated rings. The topological polar surface area (TPSA) is 73.9 Å². The lowest BCUT2D eigenvalue weighted by molar-refractivity contribution is 0.414. The zero-order valence-corrected chi connectivity index (χ0v) is 9.14. The van der Waals surface area contributed by atoms with Crippen molar-refractivity contribution in [2.75, 3.05) is 12.8 Å². The molecule has 0 unspecified atom stereocenters. The standard InChI is InChI=1S/C11H12N4O/c1-7-6-8(15-11(12)14-7)10-9(16-2)4-3-5-13-10/h3-6H,1-2H3,(H2,12,14,15). The van der Waals surface area contributed by atoms with Crippen LogP contribution in [0.4, 0.5) is 5.95 Å². The SMILES string of the molecule is COc1cccnc1-c1cc(C)nc(N)n1. The Balaban J connectivity index is 2.58. The van der Waals surface area contributed by atoms with Crippen molar-refractivity contribution in [1.29, 1.82) is 0 Å². The molecule has 0 atom stereocenters. The van der Waals surface area contributed by atoms with Crippen LogP contribution in [0, 0.1) is 6.92 Å². The van der Waals surface area contributed by atoms with Crippen molar-refractivity contribution in [3.8, 4) is 17.1 Å². The molecule has 0 amide bonds. The molecule has 5 nitrogen and oxygen atoms in total. The van der Waals surface area contributed by atoms with Gasteiger partial charge in [-0.2, -0.15) is 0 Å². The number of pyridine rings is 1. The van der Waals surface area contributed by atoms with Crippen molar-refractivity contribution >= 4 is 5.95 Å². The predicted octanol–water partition coefficient (Wildman–Crippen LogP) is 1.44. The first-order chi connectivity index (χ1) is 7.70. The van der Waals surface area contributed by atoms with E-state index in [4.69, 9.17) is 10.5 Å². The van der Waals surface area contributed by atoms with Gasteiger partial charge >= 0.3 is 0 Å². The average molecular weight is 216 g/mol. The van der Waals surface area contributed by atoms with E-state index >= 15 is 0 Å². The molecule has 0 aliphatic heterocycles. The molecule has 2 rings (SSSR count). The maximum Gasteiger partial charge on any atom is 0.220 e. The van der Waals surface area contributed by atoms with Crippen LogP contribution in [0.3, 0.4) is 0 Å². The summed E-state index contributed by atoms with van der Waals surface area (Å²) in [7, 11) is 1.60. The molecule has 2 aromatic rings. The Labute approximate surface area is 93.3 Å². The minimum Gasteiger partial charge on any atom is -0.494 e. The minimum absolute atomic E-state index is 0.239. The summed E-state index contributed by atoms with van der Waals surface area (Å²) in [5.74, 6) is 0.905. The highest BCUT2D eigenvalue weighted by atomic mass is 16.5. The lowest BCUT2D eigenvalue weighted by Crippen LogP contribution is -2.00. The number of methoxy groups -OCH3 is 1. The second-order valence-corrected chi connectivity index (χ2v) is 3.31. The molecular weight excluding hydrogens is 204 g/mol. The summed E-state index contributed by atoms with van der Waals surface area (Å²) in [4.78, 5) is 12.4. The predicted molar refractivity (Wildman–Crippen MR) is 61.0 cm³/mol. The zero-order valence-electron chi connectivity index (χ0n) is 9.14. The maximum atomic E-state index is 5.60. The molecule has 82 valence electrons. The first-order valence-corrected chi connectivity index (χ1v) is 4.81. The third kappa shape index (κ3) is 1.93. The Morgan fingerprint density at radius 1 is 1.31 bits per heavy atom. The second-order valence-electron chi connectivity index (χ2n) is 3.31. The van der Waals surface area contributed by atoms with Crippen LogP contribution in [0.1, 0.15) is 5.69 Å². The average Bonchev–Trinajstić information content (AvgIpc) is 2.27. The third-order valence-electron chi connectivity index (χ3n) is 2.10. The lowest BCUT2D eigenvalue weighted by atomic mass is 10.2. The fraction of sp³-hybridized carbons (Fsp3) is 0.182. The summed E-state index contributed by atoms with van der Waals surface area (Å²) in [6.45, 7) is 1.86. The summed E-state index contributed by atoms with van der Waals surface area (Å²) in [5, 5.41) is 0. The van der Waals surface area contributed by atoms with Crippen LogP contribution in [-0.2, 0) is 0 Å². The molecule has 2 aromatic heterocycles. The first kappa shape index (κ1) is 10.4. The highest BCUT2D eigenvalue weighted by Gasteiger charge is 2.09. The Kier molecular flexibility index (Phi) is 2.68. The molecule has 0 spiro atoms. The Morgan fingerprint density at radius 3 is 2.81 bits per heavy atom. The molecule has 0 aliphatic carbocycles. The fourth-order valence-corrected chi connectivity index (χ4v) is 1.46. The highest BCUT2D eigenvalue weighted by Crippen LogP contribution is 2.25. The van der Waals surface area contributed by atoms with Gasteiger partial charge in [0.2, 0.25) is 5.95 Å². The Bertz CT molecular complexity index is 493. The molecular formula is C11H12N4O. The van der Waals surface area contributed by atoms with Gasteiger partial charge in [-0.1, -0.05) is 0 Å². The van der Waals surface area contributed by atoms with Gasteiger partial charge in [0.1, 0.15) is 11.4 Å². The number of rotatable bonds is 2. The molecule has 0 aromatic carbocycles. The van der Waals surface area contributed by atoms with Crippen molar-refractivity contribution < 1.29 is 4.74 Å². The number of aryl methyl sites for hydroxylation is 1. The largest absolute Gasteiger partial charge is 0.494 e. The van der Waals surface area contributed by atoms with E-state index < -0.39 is 0 Å². The summed E-state index contributed by atoms with van der Waals surface area (Å²) in [5.41, 5.74) is 7.74. The van der Waals surface area contributed by atoms with E-state index in [2.05, 4.69) is 15.0 Å². The molecule has 0 aliphatic rings. The van der Waals surface area contributed by atoms with Crippen molar-refractivity contribution in [3.63, 3.8) is 0 Å². The fourth-order valence-electron chi connectivity index (χ4n) is 1.46. The summed E-state index contributed by atoms with van der Waals surface area (Å²) in [6.07, 6.45) is 1.69. The molecule has 0 saturated heterocycles. The third-order valence-corrected chi connectivity index (χ3v) is 2.10. The number of aromatic nitrogens is 3. The molecule has 2 heterocycles. The molecule has 5 heteroatoms. The molecule has 0 saturated carbocycles. The quantitative estimate of drug-likeness (QED) is 0.822. The molecule has 2 N–H and O–H groups in total. The van der Waals surface area contributed by atoms with Crippen molar-refractivity contribution in [3.05, 3.63) is 30.1 Å². The van der Waals surface area contributed by atoms with E-state index in [0.717, 1.165) is 5.69 Å². The number of nitrogen functional groups attached to an aromatic ring is 1. The van der Waals surface area contributed by atoms with E-state index in [1.54, 1.807) is 19.4 Å². The van der Waals surface area contributed by atoms with Crippen LogP contribution in [0.25, 0.3) is 11.4 Å². The van der Waals surface area contributed by atoms with Crippen LogP contribution in [0.2, 0.25) is 0 Å². The summed E-state index contributed by atoms with van der Waals surface area (Å²) in [6, 6.07) is 5.46. The van der Waals surface area contributed by atoms with Crippen molar-refractivity contribution in [1.82, 2.24) is 15.0 Å². The lowest BCUT2D eigenvalue weighted by Gasteiger charge is -2.07. The number of ether oxygens (including phenoxy) is 1. The van der Waals surface area contributed by atoms with Gasteiger partial charge in [0.05, 0.1) is 12.8 Å². The van der Waals surface area contributed by atoms with Crippen LogP contribution < -0.4 is 10.5 Å². The van der Waals surface area contributed by atoms with Crippen LogP contribution in [0.15, 0.2) is 24.4 Å². The summed E-state index contributed by atoms with van der Waals surface area (Å²) < 4.78 is 5.22. The normalized spacial score (nSPS) is 10.1. The first-order valence-electron chi connectivity index (χ1n) is 4.81. The van der Waals surface area contributed by atoms with Crippen molar-refractivity contribution in [2.45, 2.75) is 6.92 Å². The molecule has 0 radical (unpaired) electrons. The van der Waals surface area contributed by atoms with Gasteiger partial charge in [-0.15, -0.1) is 0 Å². The van der Waals surface area contributed by atoms with E-state index in [1.165, 1.54) is 0 Å². The van der Waals surface area contributed by atoms with Gasteiger partial charge in [0.15, 0.2) is 0 Å². The zero-order chi connectivity index (χ0) is 11.5.